The van der Waals surface area contributed by atoms with Crippen LogP contribution < -0.4 is 21.8 Å². The molecule has 1 aliphatic carbocycles. The second kappa shape index (κ2) is 7.30. The van der Waals surface area contributed by atoms with Crippen molar-refractivity contribution < 1.29 is 5.11 Å². The number of nitrogens with zero attached hydrogens (tertiary/aromatic N) is 6. The molecular weight excluding hydrogens is 462 g/mol. The Morgan fingerprint density at radius 1 is 1.41 bits per heavy atom. The molecule has 2 aliphatic rings. The molecule has 0 spiro atoms. The number of hydrogen-bond donors (Lipinski definition) is 4. The first-order valence-electron chi connectivity index (χ1n) is 8.98. The third-order valence-corrected chi connectivity index (χ3v) is 6.21. The van der Waals surface area contributed by atoms with Crippen molar-refractivity contribution in [2.24, 2.45) is 9.98 Å². The van der Waals surface area contributed by atoms with Crippen molar-refractivity contribution in [3.8, 4) is 5.88 Å². The van der Waals surface area contributed by atoms with Crippen molar-refractivity contribution in [1.82, 2.24) is 29.5 Å². The number of fused-ring (bicyclic) bond motifs is 1. The molecule has 1 saturated carbocycles. The van der Waals surface area contributed by atoms with Crippen molar-refractivity contribution in [2.45, 2.75) is 24.1 Å². The summed E-state index contributed by atoms with van der Waals surface area (Å²) < 4.78 is 2.47. The number of rotatable bonds is 5. The second-order valence-electron chi connectivity index (χ2n) is 6.74. The van der Waals surface area contributed by atoms with Crippen LogP contribution in [0.4, 0.5) is 5.95 Å². The maximum Gasteiger partial charge on any atom is 0.326 e. The molecule has 4 heterocycles. The lowest BCUT2D eigenvalue weighted by Crippen LogP contribution is -2.26. The highest BCUT2D eigenvalue weighted by Gasteiger charge is 2.21. The Kier molecular flexibility index (Phi) is 4.62. The second-order valence-corrected chi connectivity index (χ2v) is 9.31. The minimum absolute atomic E-state index is 0.242. The number of hydrogen-bond acceptors (Lipinski definition) is 9. The Bertz CT molecular complexity index is 1290. The van der Waals surface area contributed by atoms with Gasteiger partial charge in [-0.25, -0.2) is 9.79 Å². The van der Waals surface area contributed by atoms with Gasteiger partial charge in [0.05, 0.1) is 18.8 Å². The van der Waals surface area contributed by atoms with Gasteiger partial charge in [-0.1, -0.05) is 11.8 Å². The molecule has 0 saturated heterocycles. The number of halogens is 1. The zero-order chi connectivity index (χ0) is 20.0. The van der Waals surface area contributed by atoms with Crippen molar-refractivity contribution in [3.05, 3.63) is 33.2 Å². The first-order chi connectivity index (χ1) is 14.0. The van der Waals surface area contributed by atoms with E-state index >= 15 is 0 Å². The minimum Gasteiger partial charge on any atom is -0.493 e. The van der Waals surface area contributed by atoms with Gasteiger partial charge in [0, 0.05) is 17.0 Å². The van der Waals surface area contributed by atoms with E-state index < -0.39 is 5.69 Å². The van der Waals surface area contributed by atoms with E-state index in [9.17, 15) is 9.90 Å². The van der Waals surface area contributed by atoms with Crippen LogP contribution in [0.5, 0.6) is 5.88 Å². The highest BCUT2D eigenvalue weighted by molar-refractivity contribution is 9.22. The largest absolute Gasteiger partial charge is 0.493 e. The predicted molar refractivity (Wildman–Crippen MR) is 112 cm³/mol. The zero-order valence-electron chi connectivity index (χ0n) is 15.0. The van der Waals surface area contributed by atoms with E-state index in [0.717, 1.165) is 23.3 Å². The molecule has 11 nitrogen and oxygen atoms in total. The molecular formula is C16H16BrN9O2S. The third kappa shape index (κ3) is 3.92. The van der Waals surface area contributed by atoms with E-state index in [2.05, 4.69) is 56.3 Å². The Labute approximate surface area is 175 Å². The quantitative estimate of drug-likeness (QED) is 0.395. The summed E-state index contributed by atoms with van der Waals surface area (Å²) in [6.45, 7) is 1.38. The van der Waals surface area contributed by atoms with Gasteiger partial charge in [-0.05, 0) is 34.8 Å². The molecule has 29 heavy (non-hydrogen) atoms. The van der Waals surface area contributed by atoms with Crippen LogP contribution in [0.15, 0.2) is 21.0 Å². The molecule has 0 radical (unpaired) electrons. The number of aliphatic imine (C=N–C) groups is 1. The molecule has 1 unspecified atom stereocenters. The van der Waals surface area contributed by atoms with Gasteiger partial charge >= 0.3 is 5.69 Å². The number of imidazole rings is 1. The molecule has 0 amide bonds. The van der Waals surface area contributed by atoms with Crippen LogP contribution in [0.25, 0.3) is 11.7 Å². The lowest BCUT2D eigenvalue weighted by atomic mass is 10.3. The normalized spacial score (nSPS) is 20.6. The SMILES string of the molecule is O=c1[nH]c(O)c(C=c2cnn3c(=NC4CC4)nc(NCC4CN=C(Br)S4)nc23)[nH]1. The Morgan fingerprint density at radius 3 is 2.97 bits per heavy atom. The average Bonchev–Trinajstić information content (AvgIpc) is 3.10. The zero-order valence-corrected chi connectivity index (χ0v) is 17.4. The summed E-state index contributed by atoms with van der Waals surface area (Å²) >= 11 is 5.06. The predicted octanol–water partition coefficient (Wildman–Crippen LogP) is -0.265. The molecule has 1 atom stereocenters. The van der Waals surface area contributed by atoms with E-state index in [4.69, 9.17) is 0 Å². The lowest BCUT2D eigenvalue weighted by Gasteiger charge is -2.09. The average molecular weight is 478 g/mol. The molecule has 1 aliphatic heterocycles. The van der Waals surface area contributed by atoms with E-state index in [1.807, 2.05) is 0 Å². The number of H-pyrrole nitrogens is 2. The maximum absolute atomic E-state index is 11.4. The molecule has 4 N–H and O–H groups in total. The van der Waals surface area contributed by atoms with Crippen LogP contribution in [-0.4, -0.2) is 63.0 Å². The summed E-state index contributed by atoms with van der Waals surface area (Å²) in [6.07, 6.45) is 5.28. The molecule has 0 aromatic carbocycles. The number of thioether (sulfide) groups is 1. The van der Waals surface area contributed by atoms with Crippen LogP contribution in [0.2, 0.25) is 0 Å². The summed E-state index contributed by atoms with van der Waals surface area (Å²) in [5, 5.41) is 18.4. The van der Waals surface area contributed by atoms with Crippen molar-refractivity contribution >= 4 is 49.3 Å². The number of aromatic amines is 2. The minimum atomic E-state index is -0.492. The number of aromatic hydroxyl groups is 1. The van der Waals surface area contributed by atoms with Gasteiger partial charge in [-0.3, -0.25) is 9.98 Å². The molecule has 0 bridgehead atoms. The van der Waals surface area contributed by atoms with Crippen LogP contribution >= 0.6 is 27.7 Å². The standard InChI is InChI=1S/C16H16BrN9O2S/c17-13-18-5-9(29-13)6-19-14-23-11-7(3-10-12(27)24-16(28)22-10)4-20-26(11)15(25-14)21-8-1-2-8/h3-4,8-9,27H,1-2,5-6H2,(H,19,21,25)(H2,22,24,28). The molecule has 150 valence electrons. The number of nitrogens with one attached hydrogen (secondary N) is 3. The lowest BCUT2D eigenvalue weighted by molar-refractivity contribution is 0.454. The molecule has 1 fully saturated rings. The smallest absolute Gasteiger partial charge is 0.326 e. The van der Waals surface area contributed by atoms with Crippen LogP contribution in [-0.2, 0) is 0 Å². The van der Waals surface area contributed by atoms with E-state index in [1.165, 1.54) is 0 Å². The first-order valence-corrected chi connectivity index (χ1v) is 10.7. The molecule has 13 heteroatoms. The van der Waals surface area contributed by atoms with Gasteiger partial charge in [0.15, 0.2) is 5.65 Å². The summed E-state index contributed by atoms with van der Waals surface area (Å²) in [7, 11) is 0. The van der Waals surface area contributed by atoms with Gasteiger partial charge in [-0.2, -0.15) is 19.6 Å². The Balaban J connectivity index is 1.55. The van der Waals surface area contributed by atoms with Gasteiger partial charge in [-0.15, -0.1) is 0 Å². The fourth-order valence-corrected chi connectivity index (χ4v) is 4.53. The van der Waals surface area contributed by atoms with E-state index in [1.54, 1.807) is 28.6 Å². The fourth-order valence-electron chi connectivity index (χ4n) is 2.86. The highest BCUT2D eigenvalue weighted by Crippen LogP contribution is 2.24. The van der Waals surface area contributed by atoms with Crippen LogP contribution in [0.1, 0.15) is 18.5 Å². The van der Waals surface area contributed by atoms with Gasteiger partial charge in [0.1, 0.15) is 9.65 Å². The monoisotopic (exact) mass is 477 g/mol. The van der Waals surface area contributed by atoms with E-state index in [-0.39, 0.29) is 17.6 Å². The van der Waals surface area contributed by atoms with Crippen LogP contribution in [0.3, 0.4) is 0 Å². The van der Waals surface area contributed by atoms with Crippen molar-refractivity contribution in [2.75, 3.05) is 18.4 Å². The Hall–Kier alpha value is -2.67. The topological polar surface area (TPSA) is 149 Å². The number of anilines is 1. The van der Waals surface area contributed by atoms with Crippen LogP contribution in [0, 0.1) is 0 Å². The van der Waals surface area contributed by atoms with Gasteiger partial charge < -0.3 is 15.4 Å². The van der Waals surface area contributed by atoms with Gasteiger partial charge in [0.25, 0.3) is 5.62 Å². The van der Waals surface area contributed by atoms with E-state index in [0.29, 0.717) is 34.2 Å². The summed E-state index contributed by atoms with van der Waals surface area (Å²) in [6, 6.07) is 0.261. The summed E-state index contributed by atoms with van der Waals surface area (Å²) in [5.74, 6) is 0.205. The van der Waals surface area contributed by atoms with Crippen molar-refractivity contribution in [1.29, 1.82) is 0 Å². The third-order valence-electron chi connectivity index (χ3n) is 4.43. The molecule has 5 rings (SSSR count). The molecule has 3 aromatic rings. The Morgan fingerprint density at radius 2 is 2.28 bits per heavy atom. The molecule has 3 aromatic heterocycles. The number of aromatic nitrogens is 6. The van der Waals surface area contributed by atoms with Crippen molar-refractivity contribution in [3.63, 3.8) is 0 Å². The highest BCUT2D eigenvalue weighted by atomic mass is 79.9. The maximum atomic E-state index is 11.4. The first kappa shape index (κ1) is 18.4. The fraction of sp³-hybridized carbons (Fsp3) is 0.375. The summed E-state index contributed by atoms with van der Waals surface area (Å²) in [5.41, 5.74) is 0.764. The van der Waals surface area contributed by atoms with Gasteiger partial charge in [0.2, 0.25) is 11.8 Å². The summed E-state index contributed by atoms with van der Waals surface area (Å²) in [4.78, 5) is 34.3.